The molecule has 5 N–H and O–H groups in total. The van der Waals surface area contributed by atoms with Gasteiger partial charge in [0.15, 0.2) is 17.3 Å². The Morgan fingerprint density at radius 1 is 1.47 bits per heavy atom. The van der Waals surface area contributed by atoms with Crippen molar-refractivity contribution in [2.24, 2.45) is 5.73 Å². The Hall–Kier alpha value is -1.82. The van der Waals surface area contributed by atoms with Gasteiger partial charge in [0.25, 0.3) is 0 Å². The van der Waals surface area contributed by atoms with E-state index in [1.807, 2.05) is 0 Å². The molecule has 0 aliphatic carbocycles. The molecule has 0 heterocycles. The maximum atomic E-state index is 12.9. The van der Waals surface area contributed by atoms with E-state index in [1.54, 1.807) is 0 Å². The lowest BCUT2D eigenvalue weighted by atomic mass is 10.1. The van der Waals surface area contributed by atoms with Gasteiger partial charge in [0.2, 0.25) is 0 Å². The maximum Gasteiger partial charge on any atom is 0.320 e. The van der Waals surface area contributed by atoms with Crippen molar-refractivity contribution in [3.8, 4) is 11.5 Å². The lowest BCUT2D eigenvalue weighted by Crippen LogP contribution is -2.32. The Morgan fingerprint density at radius 3 is 2.53 bits per heavy atom. The van der Waals surface area contributed by atoms with Crippen molar-refractivity contribution in [1.29, 1.82) is 0 Å². The van der Waals surface area contributed by atoms with E-state index in [2.05, 4.69) is 0 Å². The molecule has 1 rings (SSSR count). The van der Waals surface area contributed by atoms with E-state index in [0.29, 0.717) is 0 Å². The van der Waals surface area contributed by atoms with E-state index in [9.17, 15) is 9.18 Å². The molecule has 1 aromatic carbocycles. The van der Waals surface area contributed by atoms with Crippen LogP contribution in [0.15, 0.2) is 12.1 Å². The number of halogens is 1. The van der Waals surface area contributed by atoms with E-state index in [1.165, 1.54) is 0 Å². The van der Waals surface area contributed by atoms with Crippen LogP contribution in [0.25, 0.3) is 0 Å². The Morgan fingerprint density at radius 2 is 2.07 bits per heavy atom. The van der Waals surface area contributed by atoms with E-state index in [0.717, 1.165) is 12.1 Å². The third kappa shape index (κ3) is 2.57. The van der Waals surface area contributed by atoms with Crippen LogP contribution in [0.2, 0.25) is 0 Å². The van der Waals surface area contributed by atoms with Crippen molar-refractivity contribution < 1.29 is 24.5 Å². The summed E-state index contributed by atoms with van der Waals surface area (Å²) in [4.78, 5) is 10.4. The number of aromatic hydroxyl groups is 2. The Kier molecular flexibility index (Phi) is 3.11. The summed E-state index contributed by atoms with van der Waals surface area (Å²) in [6.07, 6.45) is -0.125. The smallest absolute Gasteiger partial charge is 0.320 e. The van der Waals surface area contributed by atoms with Crippen LogP contribution in [0.1, 0.15) is 5.56 Å². The fraction of sp³-hybridized carbons (Fsp3) is 0.222. The number of aliphatic carboxylic acids is 1. The number of rotatable bonds is 3. The molecule has 0 bridgehead atoms. The molecule has 82 valence electrons. The summed E-state index contributed by atoms with van der Waals surface area (Å²) in [6.45, 7) is 0. The van der Waals surface area contributed by atoms with Crippen LogP contribution in [-0.4, -0.2) is 27.3 Å². The molecule has 0 radical (unpaired) electrons. The molecular formula is C9H10FNO4. The number of carboxylic acid groups (broad SMARTS) is 1. The van der Waals surface area contributed by atoms with Crippen molar-refractivity contribution >= 4 is 5.97 Å². The highest BCUT2D eigenvalue weighted by atomic mass is 18.2. The highest BCUT2D eigenvalue weighted by Crippen LogP contribution is 2.29. The van der Waals surface area contributed by atoms with E-state index in [4.69, 9.17) is 21.1 Å². The second-order valence-electron chi connectivity index (χ2n) is 3.09. The predicted octanol–water partition coefficient (Wildman–Crippen LogP) is 0.191. The topological polar surface area (TPSA) is 104 Å². The summed E-state index contributed by atoms with van der Waals surface area (Å²) in [5, 5.41) is 26.5. The SMILES string of the molecule is N[C@@H](Cc1cc(O)c(O)c([18F])c1)C(=O)O. The van der Waals surface area contributed by atoms with Crippen LogP contribution in [-0.2, 0) is 11.2 Å². The van der Waals surface area contributed by atoms with Crippen molar-refractivity contribution in [3.63, 3.8) is 0 Å². The number of nitrogens with two attached hydrogens (primary N) is 1. The van der Waals surface area contributed by atoms with Gasteiger partial charge >= 0.3 is 5.97 Å². The molecule has 0 aliphatic heterocycles. The molecule has 0 amide bonds. The lowest BCUT2D eigenvalue weighted by molar-refractivity contribution is -0.138. The van der Waals surface area contributed by atoms with Crippen molar-refractivity contribution in [2.75, 3.05) is 0 Å². The van der Waals surface area contributed by atoms with E-state index in [-0.39, 0.29) is 12.0 Å². The molecule has 0 saturated carbocycles. The number of carbonyl (C=O) groups is 1. The molecule has 0 spiro atoms. The molecule has 0 fully saturated rings. The minimum absolute atomic E-state index is 0.125. The molecule has 0 saturated heterocycles. The third-order valence-electron chi connectivity index (χ3n) is 1.88. The van der Waals surface area contributed by atoms with Gasteiger partial charge in [0, 0.05) is 0 Å². The highest BCUT2D eigenvalue weighted by molar-refractivity contribution is 5.73. The second kappa shape index (κ2) is 4.14. The molecule has 5 nitrogen and oxygen atoms in total. The van der Waals surface area contributed by atoms with E-state index >= 15 is 0 Å². The van der Waals surface area contributed by atoms with Crippen LogP contribution >= 0.6 is 0 Å². The van der Waals surface area contributed by atoms with Gasteiger partial charge in [-0.2, -0.15) is 0 Å². The predicted molar refractivity (Wildman–Crippen MR) is 49.0 cm³/mol. The van der Waals surface area contributed by atoms with Crippen molar-refractivity contribution in [1.82, 2.24) is 0 Å². The van der Waals surface area contributed by atoms with Gasteiger partial charge in [-0.05, 0) is 24.1 Å². The zero-order valence-electron chi connectivity index (χ0n) is 7.64. The zero-order valence-corrected chi connectivity index (χ0v) is 7.64. The van der Waals surface area contributed by atoms with Crippen molar-refractivity contribution in [3.05, 3.63) is 23.5 Å². The summed E-state index contributed by atoms with van der Waals surface area (Å²) in [7, 11) is 0. The minimum Gasteiger partial charge on any atom is -0.504 e. The van der Waals surface area contributed by atoms with Gasteiger partial charge in [-0.15, -0.1) is 0 Å². The number of hydrogen-bond donors (Lipinski definition) is 4. The van der Waals surface area contributed by atoms with Crippen molar-refractivity contribution in [2.45, 2.75) is 12.5 Å². The quantitative estimate of drug-likeness (QED) is 0.538. The molecule has 1 aromatic rings. The first-order chi connectivity index (χ1) is 6.91. The number of phenolic OH excluding ortho intramolecular Hbond substituents is 2. The molecule has 1 atom stereocenters. The van der Waals surface area contributed by atoms with Gasteiger partial charge in [-0.25, -0.2) is 4.39 Å². The summed E-state index contributed by atoms with van der Waals surface area (Å²) in [6, 6.07) is 0.826. The van der Waals surface area contributed by atoms with Gasteiger partial charge in [-0.1, -0.05) is 0 Å². The molecule has 15 heavy (non-hydrogen) atoms. The first kappa shape index (κ1) is 11.3. The Bertz CT molecular complexity index is 371. The highest BCUT2D eigenvalue weighted by Gasteiger charge is 2.15. The maximum absolute atomic E-state index is 12.9. The van der Waals surface area contributed by atoms with Crippen LogP contribution < -0.4 is 5.73 Å². The Balaban J connectivity index is 2.92. The van der Waals surface area contributed by atoms with Crippen LogP contribution in [0.5, 0.6) is 11.5 Å². The summed E-state index contributed by atoms with van der Waals surface area (Å²) >= 11 is 0. The van der Waals surface area contributed by atoms with Gasteiger partial charge in [0.1, 0.15) is 6.04 Å². The monoisotopic (exact) mass is 214 g/mol. The summed E-state index contributed by atoms with van der Waals surface area (Å²) in [5.41, 5.74) is 5.43. The number of phenols is 2. The van der Waals surface area contributed by atoms with E-state index < -0.39 is 29.3 Å². The second-order valence-corrected chi connectivity index (χ2v) is 3.09. The number of benzene rings is 1. The van der Waals surface area contributed by atoms with Crippen LogP contribution in [0, 0.1) is 5.82 Å². The molecular weight excluding hydrogens is 204 g/mol. The lowest BCUT2D eigenvalue weighted by Gasteiger charge is -2.07. The average molecular weight is 214 g/mol. The molecule has 0 aliphatic rings. The summed E-state index contributed by atoms with van der Waals surface area (Å²) in [5.74, 6) is -3.73. The normalized spacial score (nSPS) is 12.4. The van der Waals surface area contributed by atoms with Gasteiger partial charge in [0.05, 0.1) is 0 Å². The number of carboxylic acids is 1. The number of hydrogen-bond acceptors (Lipinski definition) is 4. The van der Waals surface area contributed by atoms with Crippen LogP contribution in [0.4, 0.5) is 4.39 Å². The zero-order chi connectivity index (χ0) is 11.6. The largest absolute Gasteiger partial charge is 0.504 e. The first-order valence-corrected chi connectivity index (χ1v) is 4.10. The minimum atomic E-state index is -1.22. The average Bonchev–Trinajstić information content (AvgIpc) is 2.13. The van der Waals surface area contributed by atoms with Gasteiger partial charge in [-0.3, -0.25) is 4.79 Å². The van der Waals surface area contributed by atoms with Gasteiger partial charge < -0.3 is 21.1 Å². The first-order valence-electron chi connectivity index (χ1n) is 4.10. The van der Waals surface area contributed by atoms with Crippen LogP contribution in [0.3, 0.4) is 0 Å². The molecule has 0 aromatic heterocycles. The summed E-state index contributed by atoms with van der Waals surface area (Å²) < 4.78 is 12.9. The fourth-order valence-electron chi connectivity index (χ4n) is 1.10. The molecule has 0 unspecified atom stereocenters. The Labute approximate surface area is 84.6 Å². The standard InChI is InChI=1S/C9H10FNO4/c10-5-1-4(2-6(11)9(14)15)3-7(12)8(5)13/h1,3,6,12-13H,2,11H2,(H,14,15)/t6-/m0/s1/i10-1. The third-order valence-corrected chi connectivity index (χ3v) is 1.88. The molecule has 6 heteroatoms. The fourth-order valence-corrected chi connectivity index (χ4v) is 1.10.